The van der Waals surface area contributed by atoms with E-state index in [-0.39, 0.29) is 5.75 Å². The van der Waals surface area contributed by atoms with E-state index in [1.807, 2.05) is 6.92 Å². The maximum Gasteiger partial charge on any atom is 0.340 e. The molecule has 6 heteroatoms. The second-order valence-corrected chi connectivity index (χ2v) is 5.85. The molecule has 2 rings (SSSR count). The monoisotopic (exact) mass is 342 g/mol. The minimum absolute atomic E-state index is 0.214. The number of carbonyl (C=O) groups excluding carboxylic acids is 1. The van der Waals surface area contributed by atoms with E-state index >= 15 is 0 Å². The summed E-state index contributed by atoms with van der Waals surface area (Å²) in [6.45, 7) is 5.46. The first-order chi connectivity index (χ1) is 11.9. The van der Waals surface area contributed by atoms with E-state index < -0.39 is 12.1 Å². The van der Waals surface area contributed by atoms with Crippen LogP contribution < -0.4 is 4.74 Å². The van der Waals surface area contributed by atoms with E-state index in [4.69, 9.17) is 4.74 Å². The number of aliphatic hydroxyl groups is 1. The van der Waals surface area contributed by atoms with Gasteiger partial charge >= 0.3 is 5.97 Å². The lowest BCUT2D eigenvalue weighted by atomic mass is 10.2. The van der Waals surface area contributed by atoms with E-state index in [0.29, 0.717) is 30.0 Å². The molecule has 0 aliphatic rings. The highest BCUT2D eigenvalue weighted by Gasteiger charge is 2.17. The summed E-state index contributed by atoms with van der Waals surface area (Å²) >= 11 is 0. The number of esters is 1. The molecular weight excluding hydrogens is 320 g/mol. The average molecular weight is 342 g/mol. The van der Waals surface area contributed by atoms with Gasteiger partial charge < -0.3 is 14.9 Å². The fraction of sp³-hybridized carbons (Fsp3) is 0.316. The summed E-state index contributed by atoms with van der Waals surface area (Å²) in [5.74, 6) is -0.0512. The van der Waals surface area contributed by atoms with Gasteiger partial charge in [0.15, 0.2) is 6.10 Å². The van der Waals surface area contributed by atoms with Gasteiger partial charge in [-0.3, -0.25) is 0 Å². The van der Waals surface area contributed by atoms with Gasteiger partial charge in [-0.1, -0.05) is 13.3 Å². The van der Waals surface area contributed by atoms with Crippen LogP contribution in [0, 0.1) is 13.8 Å². The first kappa shape index (κ1) is 18.6. The Hall–Kier alpha value is -2.73. The molecule has 0 saturated carbocycles. The van der Waals surface area contributed by atoms with Crippen LogP contribution in [0.4, 0.5) is 11.4 Å². The summed E-state index contributed by atoms with van der Waals surface area (Å²) in [5, 5.41) is 27.4. The standard InChI is InChI=1S/C19H22N2O4/c1-4-5-17(23)19(24)25-18-9-7-15(11-13(18)3)21-20-14-6-8-16(22)12(2)10-14/h6-11,17,22-23H,4-5H2,1-3H3. The number of carbonyl (C=O) groups is 1. The van der Waals surface area contributed by atoms with Crippen LogP contribution in [0.15, 0.2) is 46.6 Å². The third kappa shape index (κ3) is 5.12. The smallest absolute Gasteiger partial charge is 0.340 e. The molecular formula is C19H22N2O4. The highest BCUT2D eigenvalue weighted by Crippen LogP contribution is 2.27. The number of ether oxygens (including phenoxy) is 1. The Morgan fingerprint density at radius 1 is 1.08 bits per heavy atom. The molecule has 0 aliphatic heterocycles. The van der Waals surface area contributed by atoms with Crippen LogP contribution in [-0.2, 0) is 4.79 Å². The summed E-state index contributed by atoms with van der Waals surface area (Å²) in [7, 11) is 0. The summed E-state index contributed by atoms with van der Waals surface area (Å²) in [6.07, 6.45) is -0.0388. The second-order valence-electron chi connectivity index (χ2n) is 5.85. The minimum atomic E-state index is -1.11. The Bertz CT molecular complexity index is 787. The number of hydrogen-bond donors (Lipinski definition) is 2. The van der Waals surface area contributed by atoms with Crippen molar-refractivity contribution in [1.29, 1.82) is 0 Å². The molecule has 0 bridgehead atoms. The van der Waals surface area contributed by atoms with Crippen molar-refractivity contribution in [2.45, 2.75) is 39.7 Å². The molecule has 0 aromatic heterocycles. The second kappa shape index (κ2) is 8.39. The van der Waals surface area contributed by atoms with Crippen LogP contribution in [0.2, 0.25) is 0 Å². The Kier molecular flexibility index (Phi) is 6.25. The van der Waals surface area contributed by atoms with Gasteiger partial charge in [0.05, 0.1) is 11.4 Å². The lowest BCUT2D eigenvalue weighted by molar-refractivity contribution is -0.144. The molecule has 0 spiro atoms. The molecule has 2 aromatic carbocycles. The van der Waals surface area contributed by atoms with E-state index in [1.165, 1.54) is 0 Å². The largest absolute Gasteiger partial charge is 0.508 e. The molecule has 0 fully saturated rings. The Labute approximate surface area is 146 Å². The Morgan fingerprint density at radius 3 is 2.24 bits per heavy atom. The lowest BCUT2D eigenvalue weighted by Crippen LogP contribution is -2.25. The number of aryl methyl sites for hydroxylation is 2. The summed E-state index contributed by atoms with van der Waals surface area (Å²) < 4.78 is 5.22. The Balaban J connectivity index is 2.09. The maximum absolute atomic E-state index is 11.8. The molecule has 1 atom stereocenters. The van der Waals surface area contributed by atoms with Gasteiger partial charge in [0.25, 0.3) is 0 Å². The Morgan fingerprint density at radius 2 is 1.68 bits per heavy atom. The molecule has 0 radical (unpaired) electrons. The van der Waals surface area contributed by atoms with Crippen molar-refractivity contribution in [3.8, 4) is 11.5 Å². The highest BCUT2D eigenvalue weighted by atomic mass is 16.5. The number of aromatic hydroxyl groups is 1. The number of phenolic OH excluding ortho intramolecular Hbond substituents is 1. The van der Waals surface area contributed by atoms with Crippen molar-refractivity contribution in [2.24, 2.45) is 10.2 Å². The fourth-order valence-corrected chi connectivity index (χ4v) is 2.20. The van der Waals surface area contributed by atoms with Crippen LogP contribution in [0.1, 0.15) is 30.9 Å². The van der Waals surface area contributed by atoms with Gasteiger partial charge in [0.1, 0.15) is 11.5 Å². The van der Waals surface area contributed by atoms with E-state index in [0.717, 1.165) is 11.1 Å². The average Bonchev–Trinajstić information content (AvgIpc) is 2.58. The first-order valence-corrected chi connectivity index (χ1v) is 8.12. The molecule has 0 aliphatic carbocycles. The van der Waals surface area contributed by atoms with Gasteiger partial charge in [-0.05, 0) is 67.8 Å². The van der Waals surface area contributed by atoms with Crippen molar-refractivity contribution >= 4 is 17.3 Å². The minimum Gasteiger partial charge on any atom is -0.508 e. The normalized spacial score (nSPS) is 12.3. The zero-order chi connectivity index (χ0) is 18.4. The number of aliphatic hydroxyl groups excluding tert-OH is 1. The number of rotatable bonds is 6. The number of nitrogens with zero attached hydrogens (tertiary/aromatic N) is 2. The molecule has 1 unspecified atom stereocenters. The molecule has 6 nitrogen and oxygen atoms in total. The molecule has 132 valence electrons. The van der Waals surface area contributed by atoms with Gasteiger partial charge in [0.2, 0.25) is 0 Å². The number of benzene rings is 2. The third-order valence-corrected chi connectivity index (χ3v) is 3.66. The molecule has 0 amide bonds. The number of hydrogen-bond acceptors (Lipinski definition) is 6. The predicted octanol–water partition coefficient (Wildman–Crippen LogP) is 4.49. The predicted molar refractivity (Wildman–Crippen MR) is 94.7 cm³/mol. The maximum atomic E-state index is 11.8. The molecule has 0 saturated heterocycles. The van der Waals surface area contributed by atoms with Crippen LogP contribution in [-0.4, -0.2) is 22.3 Å². The zero-order valence-electron chi connectivity index (χ0n) is 14.6. The van der Waals surface area contributed by atoms with Crippen molar-refractivity contribution in [2.75, 3.05) is 0 Å². The van der Waals surface area contributed by atoms with Gasteiger partial charge in [-0.15, -0.1) is 0 Å². The third-order valence-electron chi connectivity index (χ3n) is 3.66. The highest BCUT2D eigenvalue weighted by molar-refractivity contribution is 5.77. The van der Waals surface area contributed by atoms with Crippen molar-refractivity contribution in [1.82, 2.24) is 0 Å². The number of phenols is 1. The summed E-state index contributed by atoms with van der Waals surface area (Å²) in [6, 6.07) is 10.0. The first-order valence-electron chi connectivity index (χ1n) is 8.12. The quantitative estimate of drug-likeness (QED) is 0.459. The lowest BCUT2D eigenvalue weighted by Gasteiger charge is -2.11. The topological polar surface area (TPSA) is 91.5 Å². The van der Waals surface area contributed by atoms with Crippen LogP contribution in [0.5, 0.6) is 11.5 Å². The molecule has 2 aromatic rings. The number of azo groups is 1. The summed E-state index contributed by atoms with van der Waals surface area (Å²) in [5.41, 5.74) is 2.68. The van der Waals surface area contributed by atoms with Crippen LogP contribution >= 0.6 is 0 Å². The van der Waals surface area contributed by atoms with Crippen LogP contribution in [0.3, 0.4) is 0 Å². The molecule has 2 N–H and O–H groups in total. The summed E-state index contributed by atoms with van der Waals surface area (Å²) in [4.78, 5) is 11.8. The van der Waals surface area contributed by atoms with Gasteiger partial charge in [0, 0.05) is 0 Å². The SMILES string of the molecule is CCCC(O)C(=O)Oc1ccc(N=Nc2ccc(O)c(C)c2)cc1C. The van der Waals surface area contributed by atoms with Crippen molar-refractivity contribution < 1.29 is 19.7 Å². The molecule has 25 heavy (non-hydrogen) atoms. The van der Waals surface area contributed by atoms with Crippen molar-refractivity contribution in [3.63, 3.8) is 0 Å². The van der Waals surface area contributed by atoms with Gasteiger partial charge in [-0.25, -0.2) is 4.79 Å². The van der Waals surface area contributed by atoms with E-state index in [2.05, 4.69) is 10.2 Å². The van der Waals surface area contributed by atoms with Crippen LogP contribution in [0.25, 0.3) is 0 Å². The van der Waals surface area contributed by atoms with E-state index in [1.54, 1.807) is 50.2 Å². The fourth-order valence-electron chi connectivity index (χ4n) is 2.20. The zero-order valence-corrected chi connectivity index (χ0v) is 14.6. The van der Waals surface area contributed by atoms with Gasteiger partial charge in [-0.2, -0.15) is 10.2 Å². The molecule has 0 heterocycles. The van der Waals surface area contributed by atoms with Crippen molar-refractivity contribution in [3.05, 3.63) is 47.5 Å². The van der Waals surface area contributed by atoms with E-state index in [9.17, 15) is 15.0 Å².